The van der Waals surface area contributed by atoms with Crippen molar-refractivity contribution in [3.8, 4) is 6.07 Å². The second-order valence-corrected chi connectivity index (χ2v) is 2.85. The van der Waals surface area contributed by atoms with Crippen molar-refractivity contribution < 1.29 is 0 Å². The van der Waals surface area contributed by atoms with Gasteiger partial charge in [0.15, 0.2) is 0 Å². The Balaban J connectivity index is 2.83. The molecular weight excluding hydrogens is 186 g/mol. The third-order valence-corrected chi connectivity index (χ3v) is 2.09. The summed E-state index contributed by atoms with van der Waals surface area (Å²) in [6.07, 6.45) is 1.80. The minimum absolute atomic E-state index is 0.268. The summed E-state index contributed by atoms with van der Waals surface area (Å²) in [6.45, 7) is 0. The molecule has 0 N–H and O–H groups in total. The van der Waals surface area contributed by atoms with E-state index in [0.29, 0.717) is 11.4 Å². The number of alkyl halides is 1. The molecule has 0 saturated carbocycles. The first-order valence-electron chi connectivity index (χ1n) is 3.79. The number of hydrogen-bond donors (Lipinski definition) is 0. The molecule has 0 aliphatic carbocycles. The van der Waals surface area contributed by atoms with E-state index >= 15 is 0 Å². The van der Waals surface area contributed by atoms with Crippen molar-refractivity contribution in [1.29, 1.82) is 5.26 Å². The lowest BCUT2D eigenvalue weighted by Gasteiger charge is -1.91. The van der Waals surface area contributed by atoms with Crippen LogP contribution >= 0.6 is 11.6 Å². The lowest BCUT2D eigenvalue weighted by Crippen LogP contribution is -1.88. The Morgan fingerprint density at radius 3 is 3.08 bits per heavy atom. The number of rotatable bonds is 1. The van der Waals surface area contributed by atoms with Crippen LogP contribution in [0, 0.1) is 11.3 Å². The van der Waals surface area contributed by atoms with E-state index in [-0.39, 0.29) is 5.88 Å². The third kappa shape index (κ3) is 1.16. The van der Waals surface area contributed by atoms with Crippen LogP contribution in [0.5, 0.6) is 0 Å². The van der Waals surface area contributed by atoms with E-state index in [2.05, 4.69) is 11.1 Å². The first-order chi connectivity index (χ1) is 6.36. The normalized spacial score (nSPS) is 10.2. The van der Waals surface area contributed by atoms with Crippen molar-refractivity contribution in [1.82, 2.24) is 9.38 Å². The molecule has 0 aromatic carbocycles. The standard InChI is InChI=1S/C9H6ClN3/c10-5-7-8(6-11)13-4-2-1-3-9(13)12-7/h1-4H,5H2. The maximum Gasteiger partial charge on any atom is 0.149 e. The lowest BCUT2D eigenvalue weighted by atomic mass is 10.4. The van der Waals surface area contributed by atoms with Gasteiger partial charge in [0.1, 0.15) is 17.4 Å². The average molecular weight is 192 g/mol. The van der Waals surface area contributed by atoms with Crippen molar-refractivity contribution in [2.24, 2.45) is 0 Å². The number of pyridine rings is 1. The van der Waals surface area contributed by atoms with Crippen LogP contribution in [0.3, 0.4) is 0 Å². The summed E-state index contributed by atoms with van der Waals surface area (Å²) in [6, 6.07) is 7.66. The zero-order chi connectivity index (χ0) is 9.26. The van der Waals surface area contributed by atoms with E-state index in [1.807, 2.05) is 18.2 Å². The summed E-state index contributed by atoms with van der Waals surface area (Å²) in [7, 11) is 0. The fourth-order valence-corrected chi connectivity index (χ4v) is 1.44. The smallest absolute Gasteiger partial charge is 0.149 e. The summed E-state index contributed by atoms with van der Waals surface area (Å²) in [5.74, 6) is 0.268. The highest BCUT2D eigenvalue weighted by Gasteiger charge is 2.08. The Kier molecular flexibility index (Phi) is 1.91. The van der Waals surface area contributed by atoms with Crippen LogP contribution in [-0.4, -0.2) is 9.38 Å². The van der Waals surface area contributed by atoms with Crippen molar-refractivity contribution in [2.45, 2.75) is 5.88 Å². The number of fused-ring (bicyclic) bond motifs is 1. The summed E-state index contributed by atoms with van der Waals surface area (Å²) < 4.78 is 1.73. The molecule has 0 bridgehead atoms. The fourth-order valence-electron chi connectivity index (χ4n) is 1.26. The molecule has 0 amide bonds. The van der Waals surface area contributed by atoms with Gasteiger partial charge in [0.05, 0.1) is 11.6 Å². The van der Waals surface area contributed by atoms with Crippen molar-refractivity contribution in [2.75, 3.05) is 0 Å². The van der Waals surface area contributed by atoms with Gasteiger partial charge >= 0.3 is 0 Å². The van der Waals surface area contributed by atoms with E-state index in [9.17, 15) is 0 Å². The largest absolute Gasteiger partial charge is 0.291 e. The Morgan fingerprint density at radius 1 is 1.54 bits per heavy atom. The summed E-state index contributed by atoms with van der Waals surface area (Å²) in [5.41, 5.74) is 1.91. The Morgan fingerprint density at radius 2 is 2.38 bits per heavy atom. The van der Waals surface area contributed by atoms with Crippen LogP contribution in [0.1, 0.15) is 11.4 Å². The Hall–Kier alpha value is -1.53. The van der Waals surface area contributed by atoms with E-state index in [4.69, 9.17) is 16.9 Å². The topological polar surface area (TPSA) is 41.1 Å². The van der Waals surface area contributed by atoms with Gasteiger partial charge in [0.25, 0.3) is 0 Å². The van der Waals surface area contributed by atoms with Gasteiger partial charge < -0.3 is 0 Å². The molecule has 0 aliphatic rings. The second-order valence-electron chi connectivity index (χ2n) is 2.58. The van der Waals surface area contributed by atoms with Crippen molar-refractivity contribution in [3.05, 3.63) is 35.8 Å². The first-order valence-corrected chi connectivity index (χ1v) is 4.32. The zero-order valence-electron chi connectivity index (χ0n) is 6.74. The molecule has 0 saturated heterocycles. The van der Waals surface area contributed by atoms with Crippen LogP contribution < -0.4 is 0 Å². The van der Waals surface area contributed by atoms with Gasteiger partial charge in [0, 0.05) is 6.20 Å². The van der Waals surface area contributed by atoms with Crippen molar-refractivity contribution in [3.63, 3.8) is 0 Å². The fraction of sp³-hybridized carbons (Fsp3) is 0.111. The molecule has 0 aliphatic heterocycles. The second kappa shape index (κ2) is 3.08. The molecule has 0 radical (unpaired) electrons. The van der Waals surface area contributed by atoms with Gasteiger partial charge in [-0.2, -0.15) is 5.26 Å². The molecule has 3 nitrogen and oxygen atoms in total. The molecule has 2 heterocycles. The third-order valence-electron chi connectivity index (χ3n) is 1.83. The SMILES string of the molecule is N#Cc1c(CCl)nc2ccccn12. The Bertz CT molecular complexity index is 481. The molecule has 0 spiro atoms. The van der Waals surface area contributed by atoms with Gasteiger partial charge in [0.2, 0.25) is 0 Å². The molecule has 0 atom stereocenters. The van der Waals surface area contributed by atoms with E-state index in [0.717, 1.165) is 5.65 Å². The molecule has 2 aromatic heterocycles. The molecule has 13 heavy (non-hydrogen) atoms. The predicted molar refractivity (Wildman–Crippen MR) is 49.5 cm³/mol. The number of imidazole rings is 1. The van der Waals surface area contributed by atoms with E-state index in [1.165, 1.54) is 0 Å². The molecule has 0 fully saturated rings. The number of nitrogens with zero attached hydrogens (tertiary/aromatic N) is 3. The van der Waals surface area contributed by atoms with Gasteiger partial charge in [-0.3, -0.25) is 4.40 Å². The average Bonchev–Trinajstić information content (AvgIpc) is 2.55. The van der Waals surface area contributed by atoms with Crippen LogP contribution in [0.25, 0.3) is 5.65 Å². The highest BCUT2D eigenvalue weighted by molar-refractivity contribution is 6.17. The van der Waals surface area contributed by atoms with Crippen molar-refractivity contribution >= 4 is 17.2 Å². The van der Waals surface area contributed by atoms with Gasteiger partial charge in [-0.1, -0.05) is 6.07 Å². The number of halogens is 1. The van der Waals surface area contributed by atoms with Gasteiger partial charge in [-0.05, 0) is 12.1 Å². The van der Waals surface area contributed by atoms with Crippen LogP contribution in [-0.2, 0) is 5.88 Å². The Labute approximate surface area is 80.2 Å². The molecule has 64 valence electrons. The van der Waals surface area contributed by atoms with Crippen LogP contribution in [0.4, 0.5) is 0 Å². The highest BCUT2D eigenvalue weighted by Crippen LogP contribution is 2.12. The van der Waals surface area contributed by atoms with Crippen LogP contribution in [0.2, 0.25) is 0 Å². The number of nitriles is 1. The zero-order valence-corrected chi connectivity index (χ0v) is 7.49. The number of hydrogen-bond acceptors (Lipinski definition) is 2. The quantitative estimate of drug-likeness (QED) is 0.647. The maximum absolute atomic E-state index is 8.87. The molecule has 4 heteroatoms. The summed E-state index contributed by atoms with van der Waals surface area (Å²) >= 11 is 5.66. The predicted octanol–water partition coefficient (Wildman–Crippen LogP) is 1.94. The lowest BCUT2D eigenvalue weighted by molar-refractivity contribution is 1.14. The van der Waals surface area contributed by atoms with Gasteiger partial charge in [-0.15, -0.1) is 11.6 Å². The van der Waals surface area contributed by atoms with E-state index < -0.39 is 0 Å². The molecule has 2 aromatic rings. The van der Waals surface area contributed by atoms with Crippen LogP contribution in [0.15, 0.2) is 24.4 Å². The monoisotopic (exact) mass is 191 g/mol. The molecule has 0 unspecified atom stereocenters. The maximum atomic E-state index is 8.87. The highest BCUT2D eigenvalue weighted by atomic mass is 35.5. The summed E-state index contributed by atoms with van der Waals surface area (Å²) in [4.78, 5) is 4.21. The summed E-state index contributed by atoms with van der Waals surface area (Å²) in [5, 5.41) is 8.87. The first kappa shape index (κ1) is 8.09. The molecule has 2 rings (SSSR count). The number of aromatic nitrogens is 2. The minimum Gasteiger partial charge on any atom is -0.291 e. The molecular formula is C9H6ClN3. The minimum atomic E-state index is 0.268. The van der Waals surface area contributed by atoms with E-state index in [1.54, 1.807) is 10.6 Å². The van der Waals surface area contributed by atoms with Gasteiger partial charge in [-0.25, -0.2) is 4.98 Å².